The molecule has 0 saturated heterocycles. The fourth-order valence-electron chi connectivity index (χ4n) is 3.06. The third-order valence-corrected chi connectivity index (χ3v) is 5.03. The zero-order valence-electron chi connectivity index (χ0n) is 15.7. The summed E-state index contributed by atoms with van der Waals surface area (Å²) in [6, 6.07) is 28.5. The van der Waals surface area contributed by atoms with E-state index < -0.39 is 0 Å². The monoisotopic (exact) mass is 445 g/mol. The minimum atomic E-state index is -0.304. The molecule has 0 aliphatic heterocycles. The zero-order valence-corrected chi connectivity index (χ0v) is 17.3. The minimum absolute atomic E-state index is 0.304. The van der Waals surface area contributed by atoms with Crippen LogP contribution in [0.5, 0.6) is 0 Å². The largest absolute Gasteiger partial charge is 0.362 e. The first-order valence-electron chi connectivity index (χ1n) is 9.32. The van der Waals surface area contributed by atoms with Crippen LogP contribution in [0.1, 0.15) is 22.8 Å². The van der Waals surface area contributed by atoms with Crippen LogP contribution in [0.15, 0.2) is 102 Å². The minimum Gasteiger partial charge on any atom is -0.362 e. The van der Waals surface area contributed by atoms with Gasteiger partial charge in [-0.1, -0.05) is 88.7 Å². The summed E-state index contributed by atoms with van der Waals surface area (Å²) in [6.07, 6.45) is 5.03. The molecule has 0 radical (unpaired) electrons. The lowest BCUT2D eigenvalue weighted by Gasteiger charge is -2.22. The second-order valence-electron chi connectivity index (χ2n) is 6.55. The molecule has 4 rings (SSSR count). The van der Waals surface area contributed by atoms with Gasteiger partial charge in [0.15, 0.2) is 0 Å². The van der Waals surface area contributed by atoms with Gasteiger partial charge >= 0.3 is 0 Å². The summed E-state index contributed by atoms with van der Waals surface area (Å²) < 4.78 is 9.26. The van der Waals surface area contributed by atoms with Crippen LogP contribution < -0.4 is 0 Å². The molecule has 0 spiro atoms. The Labute approximate surface area is 178 Å². The number of nitrogens with zero attached hydrogens (tertiary/aromatic N) is 3. The predicted octanol–water partition coefficient (Wildman–Crippen LogP) is 6.00. The Hall–Kier alpha value is -3.02. The summed E-state index contributed by atoms with van der Waals surface area (Å²) in [4.78, 5) is 4.14. The van der Waals surface area contributed by atoms with E-state index in [2.05, 4.69) is 68.5 Å². The number of hydrogen-bond donors (Lipinski definition) is 0. The van der Waals surface area contributed by atoms with Crippen LogP contribution >= 0.6 is 15.9 Å². The maximum absolute atomic E-state index is 6.44. The van der Waals surface area contributed by atoms with Crippen molar-refractivity contribution in [3.63, 3.8) is 0 Å². The average Bonchev–Trinajstić information content (AvgIpc) is 3.30. The lowest BCUT2D eigenvalue weighted by molar-refractivity contribution is 0.0747. The summed E-state index contributed by atoms with van der Waals surface area (Å²) in [7, 11) is 0. The number of aromatic nitrogens is 3. The molecule has 3 aromatic carbocycles. The molecule has 1 aromatic heterocycles. The fraction of sp³-hybridized carbons (Fsp3) is 0.0833. The van der Waals surface area contributed by atoms with Crippen molar-refractivity contribution in [3.05, 3.63) is 119 Å². The first-order valence-corrected chi connectivity index (χ1v) is 10.1. The first-order chi connectivity index (χ1) is 14.3. The highest BCUT2D eigenvalue weighted by atomic mass is 79.9. The van der Waals surface area contributed by atoms with E-state index in [0.717, 1.165) is 26.9 Å². The molecule has 1 heterocycles. The van der Waals surface area contributed by atoms with Gasteiger partial charge in [0.05, 0.1) is 12.3 Å². The van der Waals surface area contributed by atoms with Crippen molar-refractivity contribution in [2.75, 3.05) is 0 Å². The fourth-order valence-corrected chi connectivity index (χ4v) is 3.33. The van der Waals surface area contributed by atoms with Gasteiger partial charge < -0.3 is 4.74 Å². The topological polar surface area (TPSA) is 39.9 Å². The van der Waals surface area contributed by atoms with Gasteiger partial charge in [-0.3, -0.25) is 0 Å². The summed E-state index contributed by atoms with van der Waals surface area (Å²) in [5, 5.41) is 4.38. The Kier molecular flexibility index (Phi) is 6.29. The van der Waals surface area contributed by atoms with Gasteiger partial charge in [0.2, 0.25) is 0 Å². The number of ether oxygens (including phenoxy) is 1. The van der Waals surface area contributed by atoms with Crippen molar-refractivity contribution in [2.45, 2.75) is 12.7 Å². The van der Waals surface area contributed by atoms with E-state index in [4.69, 9.17) is 4.74 Å². The van der Waals surface area contributed by atoms with Crippen LogP contribution in [0.25, 0.3) is 11.8 Å². The van der Waals surface area contributed by atoms with Crippen LogP contribution in [0, 0.1) is 0 Å². The second kappa shape index (κ2) is 9.45. The molecular weight excluding hydrogens is 426 g/mol. The van der Waals surface area contributed by atoms with Crippen LogP contribution in [-0.4, -0.2) is 14.8 Å². The molecule has 1 unspecified atom stereocenters. The summed E-state index contributed by atoms with van der Waals surface area (Å²) in [5.74, 6) is 0. The zero-order chi connectivity index (χ0) is 19.9. The molecule has 5 heteroatoms. The van der Waals surface area contributed by atoms with E-state index in [1.807, 2.05) is 48.5 Å². The van der Waals surface area contributed by atoms with Gasteiger partial charge in [-0.25, -0.2) is 9.67 Å². The van der Waals surface area contributed by atoms with Crippen LogP contribution in [0.3, 0.4) is 0 Å². The number of hydrogen-bond acceptors (Lipinski definition) is 3. The standard InChI is InChI=1S/C24H20BrN3O/c25-22-13-11-20(12-14-22)16-29-24(21-9-5-2-6-10-21)23(28-18-26-17-27-28)15-19-7-3-1-4-8-19/h1-15,17-18,24H,16H2/b23-15+. The van der Waals surface area contributed by atoms with Crippen LogP contribution in [-0.2, 0) is 11.3 Å². The van der Waals surface area contributed by atoms with Crippen molar-refractivity contribution in [1.29, 1.82) is 0 Å². The quantitative estimate of drug-likeness (QED) is 0.350. The van der Waals surface area contributed by atoms with Gasteiger partial charge in [0, 0.05) is 4.47 Å². The summed E-state index contributed by atoms with van der Waals surface area (Å²) >= 11 is 3.48. The lowest BCUT2D eigenvalue weighted by Crippen LogP contribution is -2.12. The van der Waals surface area contributed by atoms with Crippen molar-refractivity contribution >= 4 is 27.7 Å². The van der Waals surface area contributed by atoms with E-state index in [0.29, 0.717) is 6.61 Å². The van der Waals surface area contributed by atoms with E-state index in [9.17, 15) is 0 Å². The molecule has 0 bridgehead atoms. The highest BCUT2D eigenvalue weighted by Crippen LogP contribution is 2.31. The molecule has 0 aliphatic carbocycles. The molecule has 144 valence electrons. The number of halogens is 1. The van der Waals surface area contributed by atoms with Crippen LogP contribution in [0.4, 0.5) is 0 Å². The van der Waals surface area contributed by atoms with E-state index in [1.165, 1.54) is 6.33 Å². The summed E-state index contributed by atoms with van der Waals surface area (Å²) in [5.41, 5.74) is 4.14. The van der Waals surface area contributed by atoms with Gasteiger partial charge in [-0.15, -0.1) is 0 Å². The molecule has 0 N–H and O–H groups in total. The Bertz CT molecular complexity index is 1050. The second-order valence-corrected chi connectivity index (χ2v) is 7.46. The van der Waals surface area contributed by atoms with E-state index in [-0.39, 0.29) is 6.10 Å². The van der Waals surface area contributed by atoms with E-state index in [1.54, 1.807) is 11.0 Å². The molecule has 0 aliphatic rings. The third-order valence-electron chi connectivity index (χ3n) is 4.50. The van der Waals surface area contributed by atoms with Gasteiger partial charge in [0.1, 0.15) is 18.8 Å². The molecule has 0 saturated carbocycles. The molecular formula is C24H20BrN3O. The van der Waals surface area contributed by atoms with Crippen molar-refractivity contribution in [2.24, 2.45) is 0 Å². The smallest absolute Gasteiger partial charge is 0.138 e. The molecule has 29 heavy (non-hydrogen) atoms. The normalized spacial score (nSPS) is 12.7. The van der Waals surface area contributed by atoms with Gasteiger partial charge in [-0.05, 0) is 34.9 Å². The highest BCUT2D eigenvalue weighted by Gasteiger charge is 2.20. The van der Waals surface area contributed by atoms with Gasteiger partial charge in [-0.2, -0.15) is 5.10 Å². The van der Waals surface area contributed by atoms with Crippen molar-refractivity contribution in [3.8, 4) is 0 Å². The van der Waals surface area contributed by atoms with Crippen molar-refractivity contribution in [1.82, 2.24) is 14.8 Å². The molecule has 1 atom stereocenters. The Morgan fingerprint density at radius 3 is 2.28 bits per heavy atom. The van der Waals surface area contributed by atoms with Crippen molar-refractivity contribution < 1.29 is 4.74 Å². The lowest BCUT2D eigenvalue weighted by atomic mass is 10.0. The van der Waals surface area contributed by atoms with Crippen LogP contribution in [0.2, 0.25) is 0 Å². The molecule has 0 fully saturated rings. The molecule has 0 amide bonds. The average molecular weight is 446 g/mol. The number of benzene rings is 3. The highest BCUT2D eigenvalue weighted by molar-refractivity contribution is 9.10. The maximum atomic E-state index is 6.44. The number of rotatable bonds is 7. The maximum Gasteiger partial charge on any atom is 0.138 e. The Morgan fingerprint density at radius 2 is 1.62 bits per heavy atom. The Morgan fingerprint density at radius 1 is 0.931 bits per heavy atom. The molecule has 4 aromatic rings. The molecule has 4 nitrogen and oxygen atoms in total. The predicted molar refractivity (Wildman–Crippen MR) is 119 cm³/mol. The Balaban J connectivity index is 1.72. The first kappa shape index (κ1) is 19.3. The summed E-state index contributed by atoms with van der Waals surface area (Å²) in [6.45, 7) is 0.480. The SMILES string of the molecule is Brc1ccc(COC(/C(=C\c2ccccc2)n2cncn2)c2ccccc2)cc1. The van der Waals surface area contributed by atoms with E-state index >= 15 is 0 Å². The third kappa shape index (κ3) is 5.08. The van der Waals surface area contributed by atoms with Gasteiger partial charge in [0.25, 0.3) is 0 Å².